The normalized spacial score (nSPS) is 25.8. The molecular weight excluding hydrogens is 430 g/mol. The molecule has 0 radical (unpaired) electrons. The summed E-state index contributed by atoms with van der Waals surface area (Å²) in [5.74, 6) is -1.70. The van der Waals surface area contributed by atoms with Gasteiger partial charge in [-0.05, 0) is 30.7 Å². The maximum absolute atomic E-state index is 13.7. The molecule has 1 heterocycles. The molecule has 186 valence electrons. The minimum absolute atomic E-state index is 0.00677. The second-order valence-corrected chi connectivity index (χ2v) is 9.40. The molecule has 1 saturated heterocycles. The fourth-order valence-electron chi connectivity index (χ4n) is 5.51. The highest BCUT2D eigenvalue weighted by molar-refractivity contribution is 5.96. The van der Waals surface area contributed by atoms with E-state index in [1.165, 1.54) is 0 Å². The van der Waals surface area contributed by atoms with Gasteiger partial charge in [0.25, 0.3) is 0 Å². The first-order valence-electron chi connectivity index (χ1n) is 12.7. The van der Waals surface area contributed by atoms with Crippen LogP contribution in [0.25, 0.3) is 0 Å². The van der Waals surface area contributed by atoms with E-state index in [9.17, 15) is 14.4 Å². The number of nitrogens with one attached hydrogen (secondary N) is 2. The number of benzene rings is 1. The van der Waals surface area contributed by atoms with Crippen LogP contribution in [0.4, 0.5) is 0 Å². The smallest absolute Gasteiger partial charge is 0.243 e. The lowest BCUT2D eigenvalue weighted by atomic mass is 9.68. The van der Waals surface area contributed by atoms with Crippen molar-refractivity contribution in [3.05, 3.63) is 48.0 Å². The molecule has 7 heteroatoms. The van der Waals surface area contributed by atoms with Crippen molar-refractivity contribution in [3.8, 4) is 0 Å². The van der Waals surface area contributed by atoms with Gasteiger partial charge in [-0.1, -0.05) is 68.7 Å². The third-order valence-corrected chi connectivity index (χ3v) is 7.17. The molecule has 0 bridgehead atoms. The van der Waals surface area contributed by atoms with Crippen LogP contribution in [0.5, 0.6) is 0 Å². The van der Waals surface area contributed by atoms with E-state index in [1.54, 1.807) is 11.9 Å². The Balaban J connectivity index is 1.84. The van der Waals surface area contributed by atoms with E-state index >= 15 is 0 Å². The lowest BCUT2D eigenvalue weighted by Crippen LogP contribution is -2.47. The lowest BCUT2D eigenvalue weighted by Gasteiger charge is -2.34. The van der Waals surface area contributed by atoms with Crippen molar-refractivity contribution in [2.45, 2.75) is 58.0 Å². The van der Waals surface area contributed by atoms with E-state index < -0.39 is 17.9 Å². The quantitative estimate of drug-likeness (QED) is 0.324. The van der Waals surface area contributed by atoms with Crippen molar-refractivity contribution in [3.63, 3.8) is 0 Å². The Morgan fingerprint density at radius 2 is 1.76 bits per heavy atom. The molecule has 0 spiro atoms. The zero-order valence-electron chi connectivity index (χ0n) is 20.4. The van der Waals surface area contributed by atoms with Gasteiger partial charge in [0.2, 0.25) is 17.7 Å². The summed E-state index contributed by atoms with van der Waals surface area (Å²) in [6.07, 6.45) is 9.09. The summed E-state index contributed by atoms with van der Waals surface area (Å²) in [5.41, 5.74) is 0.998. The van der Waals surface area contributed by atoms with Crippen LogP contribution in [0.3, 0.4) is 0 Å². The summed E-state index contributed by atoms with van der Waals surface area (Å²) in [6, 6.07) is 9.09. The van der Waals surface area contributed by atoms with Gasteiger partial charge in [0.05, 0.1) is 11.8 Å². The standard InChI is InChI=1S/C27H39N3O4/c1-3-11-20-14-15-21-23(22(20)25(32)28-2)27(34)30(16-9-4-5-10-17-31)24(21)26(33)29-18-19-12-7-6-8-13-19/h6-8,12-15,20-24,31H,3-5,9-11,16-18H2,1-2H3,(H,28,32)(H,29,33)/t20-,21+,22-,23+,24+/m1/s1. The number of allylic oxidation sites excluding steroid dienone is 1. The number of amides is 3. The molecule has 34 heavy (non-hydrogen) atoms. The van der Waals surface area contributed by atoms with Crippen LogP contribution in [0, 0.1) is 23.7 Å². The van der Waals surface area contributed by atoms with Gasteiger partial charge in [-0.2, -0.15) is 0 Å². The topological polar surface area (TPSA) is 98.7 Å². The Labute approximate surface area is 203 Å². The molecule has 1 fully saturated rings. The van der Waals surface area contributed by atoms with Crippen LogP contribution in [-0.2, 0) is 20.9 Å². The van der Waals surface area contributed by atoms with Crippen LogP contribution in [-0.4, -0.2) is 54.0 Å². The van der Waals surface area contributed by atoms with Crippen LogP contribution in [0.15, 0.2) is 42.5 Å². The van der Waals surface area contributed by atoms with Crippen LogP contribution in [0.1, 0.15) is 51.0 Å². The monoisotopic (exact) mass is 469 g/mol. The van der Waals surface area contributed by atoms with E-state index in [4.69, 9.17) is 5.11 Å². The first kappa shape index (κ1) is 25.9. The van der Waals surface area contributed by atoms with Gasteiger partial charge in [-0.3, -0.25) is 14.4 Å². The predicted molar refractivity (Wildman–Crippen MR) is 131 cm³/mol. The first-order valence-corrected chi connectivity index (χ1v) is 12.7. The molecule has 1 aliphatic heterocycles. The maximum atomic E-state index is 13.7. The lowest BCUT2D eigenvalue weighted by molar-refractivity contribution is -0.140. The second-order valence-electron chi connectivity index (χ2n) is 9.40. The molecule has 3 amide bonds. The number of carbonyl (C=O) groups is 3. The first-order chi connectivity index (χ1) is 16.5. The van der Waals surface area contributed by atoms with Crippen LogP contribution < -0.4 is 10.6 Å². The zero-order valence-corrected chi connectivity index (χ0v) is 20.4. The number of unbranched alkanes of at least 4 members (excludes halogenated alkanes) is 3. The molecule has 3 rings (SSSR count). The summed E-state index contributed by atoms with van der Waals surface area (Å²) in [7, 11) is 1.61. The average Bonchev–Trinajstić information content (AvgIpc) is 3.14. The number of aliphatic hydroxyl groups excluding tert-OH is 1. The Morgan fingerprint density at radius 1 is 1.03 bits per heavy atom. The van der Waals surface area contributed by atoms with Gasteiger partial charge >= 0.3 is 0 Å². The number of hydrogen-bond acceptors (Lipinski definition) is 4. The van der Waals surface area contributed by atoms with Crippen molar-refractivity contribution in [1.29, 1.82) is 0 Å². The number of nitrogens with zero attached hydrogens (tertiary/aromatic N) is 1. The minimum atomic E-state index is -0.620. The molecule has 1 aromatic carbocycles. The molecule has 0 saturated carbocycles. The Morgan fingerprint density at radius 3 is 2.44 bits per heavy atom. The van der Waals surface area contributed by atoms with Gasteiger partial charge in [0.1, 0.15) is 6.04 Å². The molecule has 5 atom stereocenters. The van der Waals surface area contributed by atoms with Gasteiger partial charge in [0, 0.05) is 32.7 Å². The third-order valence-electron chi connectivity index (χ3n) is 7.17. The van der Waals surface area contributed by atoms with E-state index in [1.807, 2.05) is 36.4 Å². The summed E-state index contributed by atoms with van der Waals surface area (Å²) in [6.45, 7) is 3.12. The van der Waals surface area contributed by atoms with E-state index in [0.29, 0.717) is 13.1 Å². The Bertz CT molecular complexity index is 857. The number of rotatable bonds is 12. The fraction of sp³-hybridized carbons (Fsp3) is 0.593. The van der Waals surface area contributed by atoms with E-state index in [2.05, 4.69) is 23.6 Å². The summed E-state index contributed by atoms with van der Waals surface area (Å²) < 4.78 is 0. The molecule has 0 unspecified atom stereocenters. The van der Waals surface area contributed by atoms with Crippen molar-refractivity contribution >= 4 is 17.7 Å². The predicted octanol–water partition coefficient (Wildman–Crippen LogP) is 2.65. The zero-order chi connectivity index (χ0) is 24.5. The molecular formula is C27H39N3O4. The number of hydrogen-bond donors (Lipinski definition) is 3. The van der Waals surface area contributed by atoms with Gasteiger partial charge in [-0.15, -0.1) is 0 Å². The molecule has 7 nitrogen and oxygen atoms in total. The Kier molecular flexibility index (Phi) is 9.69. The fourth-order valence-corrected chi connectivity index (χ4v) is 5.51. The maximum Gasteiger partial charge on any atom is 0.243 e. The number of likely N-dealkylation sites (tertiary alicyclic amines) is 1. The number of fused-ring (bicyclic) bond motifs is 1. The minimum Gasteiger partial charge on any atom is -0.396 e. The second kappa shape index (κ2) is 12.7. The highest BCUT2D eigenvalue weighted by atomic mass is 16.3. The number of carbonyl (C=O) groups excluding carboxylic acids is 3. The third kappa shape index (κ3) is 5.87. The van der Waals surface area contributed by atoms with E-state index in [-0.39, 0.29) is 36.2 Å². The van der Waals surface area contributed by atoms with Crippen molar-refractivity contribution < 1.29 is 19.5 Å². The number of aliphatic hydroxyl groups is 1. The summed E-state index contributed by atoms with van der Waals surface area (Å²) in [4.78, 5) is 41.8. The van der Waals surface area contributed by atoms with Crippen molar-refractivity contribution in [2.75, 3.05) is 20.2 Å². The molecule has 3 N–H and O–H groups in total. The van der Waals surface area contributed by atoms with Gasteiger partial charge in [0.15, 0.2) is 0 Å². The Hall–Kier alpha value is -2.67. The van der Waals surface area contributed by atoms with Crippen LogP contribution >= 0.6 is 0 Å². The molecule has 0 aromatic heterocycles. The van der Waals surface area contributed by atoms with Crippen LogP contribution in [0.2, 0.25) is 0 Å². The SMILES string of the molecule is CCC[C@@H]1C=C[C@H]2[C@H](C(=O)N(CCCCCCO)[C@@H]2C(=O)NCc2ccccc2)[C@@H]1C(=O)NC. The van der Waals surface area contributed by atoms with Crippen molar-refractivity contribution in [2.24, 2.45) is 23.7 Å². The highest BCUT2D eigenvalue weighted by Crippen LogP contribution is 2.45. The summed E-state index contributed by atoms with van der Waals surface area (Å²) in [5, 5.41) is 14.8. The van der Waals surface area contributed by atoms with E-state index in [0.717, 1.165) is 44.1 Å². The molecule has 1 aromatic rings. The average molecular weight is 470 g/mol. The van der Waals surface area contributed by atoms with Gasteiger partial charge in [-0.25, -0.2) is 0 Å². The molecule has 2 aliphatic rings. The molecule has 1 aliphatic carbocycles. The summed E-state index contributed by atoms with van der Waals surface area (Å²) >= 11 is 0. The van der Waals surface area contributed by atoms with Crippen molar-refractivity contribution in [1.82, 2.24) is 15.5 Å². The largest absolute Gasteiger partial charge is 0.396 e. The highest BCUT2D eigenvalue weighted by Gasteiger charge is 2.56. The van der Waals surface area contributed by atoms with Gasteiger partial charge < -0.3 is 20.6 Å².